The Labute approximate surface area is 184 Å². The smallest absolute Gasteiger partial charge is 0.273 e. The number of rotatable bonds is 7. The Morgan fingerprint density at radius 3 is 2.47 bits per heavy atom. The molecular weight excluding hydrogens is 416 g/mol. The van der Waals surface area contributed by atoms with E-state index in [0.29, 0.717) is 20.8 Å². The van der Waals surface area contributed by atoms with Crippen LogP contribution in [0.25, 0.3) is 10.3 Å². The van der Waals surface area contributed by atoms with Crippen LogP contribution in [0.2, 0.25) is 0 Å². The molecule has 0 radical (unpaired) electrons. The molecule has 0 aliphatic rings. The Balaban J connectivity index is 1.94. The third-order valence-electron chi connectivity index (χ3n) is 4.91. The molecule has 0 fully saturated rings. The van der Waals surface area contributed by atoms with Crippen LogP contribution in [0.15, 0.2) is 42.0 Å². The molecule has 0 aliphatic heterocycles. The third kappa shape index (κ3) is 4.29. The van der Waals surface area contributed by atoms with Gasteiger partial charge in [0.05, 0.1) is 0 Å². The number of nitrogens with zero attached hydrogens (tertiary/aromatic N) is 3. The van der Waals surface area contributed by atoms with Gasteiger partial charge in [-0.3, -0.25) is 14.2 Å². The van der Waals surface area contributed by atoms with Crippen LogP contribution < -0.4 is 10.9 Å². The van der Waals surface area contributed by atoms with Gasteiger partial charge in [-0.1, -0.05) is 63.3 Å². The van der Waals surface area contributed by atoms with Crippen molar-refractivity contribution in [2.45, 2.75) is 52.6 Å². The van der Waals surface area contributed by atoms with Crippen molar-refractivity contribution in [2.24, 2.45) is 0 Å². The predicted octanol–water partition coefficient (Wildman–Crippen LogP) is 5.06. The number of para-hydroxylation sites is 1. The summed E-state index contributed by atoms with van der Waals surface area (Å²) in [6.45, 7) is 12.5. The summed E-state index contributed by atoms with van der Waals surface area (Å²) in [7, 11) is 0. The van der Waals surface area contributed by atoms with Crippen LogP contribution in [-0.2, 0) is 17.9 Å². The highest BCUT2D eigenvalue weighted by molar-refractivity contribution is 7.73. The van der Waals surface area contributed by atoms with Gasteiger partial charge in [0.25, 0.3) is 5.56 Å². The van der Waals surface area contributed by atoms with E-state index in [9.17, 15) is 9.59 Å². The fraction of sp³-hybridized carbons (Fsp3) is 0.364. The van der Waals surface area contributed by atoms with Crippen molar-refractivity contribution in [2.75, 3.05) is 5.32 Å². The van der Waals surface area contributed by atoms with Gasteiger partial charge in [0.15, 0.2) is 9.60 Å². The molecule has 6 nitrogen and oxygen atoms in total. The molecule has 158 valence electrons. The van der Waals surface area contributed by atoms with Crippen LogP contribution in [-0.4, -0.2) is 20.0 Å². The number of aromatic nitrogens is 3. The molecule has 0 saturated carbocycles. The van der Waals surface area contributed by atoms with Crippen LogP contribution in [0.3, 0.4) is 0 Å². The van der Waals surface area contributed by atoms with Gasteiger partial charge in [0.1, 0.15) is 17.6 Å². The predicted molar refractivity (Wildman–Crippen MR) is 126 cm³/mol. The second-order valence-electron chi connectivity index (χ2n) is 7.77. The maximum Gasteiger partial charge on any atom is 0.273 e. The molecule has 0 saturated heterocycles. The van der Waals surface area contributed by atoms with E-state index in [0.717, 1.165) is 16.8 Å². The number of thiazole rings is 1. The Bertz CT molecular complexity index is 1190. The molecule has 30 heavy (non-hydrogen) atoms. The average molecular weight is 443 g/mol. The number of carbonyl (C=O) groups is 1. The van der Waals surface area contributed by atoms with E-state index in [-0.39, 0.29) is 29.8 Å². The van der Waals surface area contributed by atoms with E-state index in [1.54, 1.807) is 10.6 Å². The van der Waals surface area contributed by atoms with E-state index in [2.05, 4.69) is 44.6 Å². The van der Waals surface area contributed by atoms with Crippen LogP contribution in [0, 0.1) is 3.95 Å². The lowest BCUT2D eigenvalue weighted by atomic mass is 9.92. The van der Waals surface area contributed by atoms with E-state index in [1.165, 1.54) is 22.2 Å². The van der Waals surface area contributed by atoms with E-state index in [1.807, 2.05) is 18.2 Å². The minimum Gasteiger partial charge on any atom is -0.324 e. The molecule has 2 aromatic heterocycles. The van der Waals surface area contributed by atoms with Gasteiger partial charge >= 0.3 is 0 Å². The highest BCUT2D eigenvalue weighted by Gasteiger charge is 2.18. The molecule has 2 heterocycles. The number of nitrogens with one attached hydrogen (secondary N) is 1. The Morgan fingerprint density at radius 2 is 1.90 bits per heavy atom. The maximum absolute atomic E-state index is 12.9. The first-order valence-electron chi connectivity index (χ1n) is 9.86. The highest BCUT2D eigenvalue weighted by atomic mass is 32.1. The number of fused-ring (bicyclic) bond motifs is 1. The fourth-order valence-electron chi connectivity index (χ4n) is 3.40. The fourth-order valence-corrected chi connectivity index (χ4v) is 4.72. The molecule has 1 aromatic carbocycles. The average Bonchev–Trinajstić information content (AvgIpc) is 3.00. The van der Waals surface area contributed by atoms with Gasteiger partial charge in [-0.05, 0) is 35.2 Å². The van der Waals surface area contributed by atoms with Crippen molar-refractivity contribution in [3.8, 4) is 0 Å². The number of allylic oxidation sites excluding steroid dienone is 1. The van der Waals surface area contributed by atoms with Crippen LogP contribution in [0.4, 0.5) is 5.69 Å². The molecule has 1 N–H and O–H groups in total. The number of amides is 1. The van der Waals surface area contributed by atoms with Crippen LogP contribution in [0.5, 0.6) is 0 Å². The first kappa shape index (κ1) is 22.1. The SMILES string of the molecule is C=CCn1c(=S)sc2c(=O)n(CC(=O)Nc3c(C(C)C)cccc3C(C)C)cnc21. The summed E-state index contributed by atoms with van der Waals surface area (Å²) in [4.78, 5) is 30.1. The number of anilines is 1. The van der Waals surface area contributed by atoms with E-state index < -0.39 is 0 Å². The molecule has 1 amide bonds. The quantitative estimate of drug-likeness (QED) is 0.410. The van der Waals surface area contributed by atoms with E-state index in [4.69, 9.17) is 12.2 Å². The zero-order valence-corrected chi connectivity index (χ0v) is 19.3. The van der Waals surface area contributed by atoms with Crippen LogP contribution in [0.1, 0.15) is 50.7 Å². The van der Waals surface area contributed by atoms with Gasteiger partial charge in [-0.25, -0.2) is 4.98 Å². The van der Waals surface area contributed by atoms with Gasteiger partial charge in [-0.15, -0.1) is 6.58 Å². The number of hydrogen-bond acceptors (Lipinski definition) is 5. The molecule has 0 unspecified atom stereocenters. The Morgan fingerprint density at radius 1 is 1.27 bits per heavy atom. The number of carbonyl (C=O) groups excluding carboxylic acids is 1. The van der Waals surface area contributed by atoms with Gasteiger partial charge in [-0.2, -0.15) is 0 Å². The summed E-state index contributed by atoms with van der Waals surface area (Å²) in [5.74, 6) is 0.260. The van der Waals surface area contributed by atoms with Crippen molar-refractivity contribution in [3.63, 3.8) is 0 Å². The molecule has 3 rings (SSSR count). The van der Waals surface area contributed by atoms with E-state index >= 15 is 0 Å². The zero-order valence-electron chi connectivity index (χ0n) is 17.6. The lowest BCUT2D eigenvalue weighted by Gasteiger charge is -2.20. The van der Waals surface area contributed by atoms with Crippen molar-refractivity contribution >= 4 is 45.5 Å². The summed E-state index contributed by atoms with van der Waals surface area (Å²) in [6, 6.07) is 6.08. The second kappa shape index (κ2) is 9.06. The summed E-state index contributed by atoms with van der Waals surface area (Å²) in [5.41, 5.74) is 3.25. The first-order chi connectivity index (χ1) is 14.2. The molecule has 8 heteroatoms. The normalized spacial score (nSPS) is 11.4. The lowest BCUT2D eigenvalue weighted by Crippen LogP contribution is -2.28. The van der Waals surface area contributed by atoms with Gasteiger partial charge in [0.2, 0.25) is 5.91 Å². The van der Waals surface area contributed by atoms with Gasteiger partial charge < -0.3 is 9.88 Å². The molecule has 3 aromatic rings. The molecule has 0 bridgehead atoms. The summed E-state index contributed by atoms with van der Waals surface area (Å²) in [6.07, 6.45) is 3.12. The minimum atomic E-state index is -0.268. The lowest BCUT2D eigenvalue weighted by molar-refractivity contribution is -0.116. The van der Waals surface area contributed by atoms with Crippen molar-refractivity contribution in [1.82, 2.24) is 14.1 Å². The second-order valence-corrected chi connectivity index (χ2v) is 9.41. The summed E-state index contributed by atoms with van der Waals surface area (Å²) >= 11 is 6.55. The standard InChI is InChI=1S/C22H26N4O2S2/c1-6-10-26-20-19(30-22(26)29)21(28)25(12-23-20)11-17(27)24-18-15(13(2)3)8-7-9-16(18)14(4)5/h6-9,12-14H,1,10-11H2,2-5H3,(H,24,27). The third-order valence-corrected chi connectivity index (χ3v) is 6.33. The topological polar surface area (TPSA) is 68.9 Å². The maximum atomic E-state index is 12.9. The first-order valence-corrected chi connectivity index (χ1v) is 11.1. The highest BCUT2D eigenvalue weighted by Crippen LogP contribution is 2.32. The molecule has 0 aliphatic carbocycles. The monoisotopic (exact) mass is 442 g/mol. The van der Waals surface area contributed by atoms with Crippen molar-refractivity contribution < 1.29 is 4.79 Å². The molecular formula is C22H26N4O2S2. The largest absolute Gasteiger partial charge is 0.324 e. The Hall–Kier alpha value is -2.58. The molecule has 0 atom stereocenters. The van der Waals surface area contributed by atoms with Crippen LogP contribution >= 0.6 is 23.6 Å². The zero-order chi connectivity index (χ0) is 22.0. The molecule has 0 spiro atoms. The minimum absolute atomic E-state index is 0.113. The number of hydrogen-bond donors (Lipinski definition) is 1. The van der Waals surface area contributed by atoms with Crippen molar-refractivity contribution in [1.29, 1.82) is 0 Å². The summed E-state index contributed by atoms with van der Waals surface area (Å²) in [5, 5.41) is 3.04. The number of benzene rings is 1. The Kier molecular flexibility index (Phi) is 6.67. The summed E-state index contributed by atoms with van der Waals surface area (Å²) < 4.78 is 4.10. The van der Waals surface area contributed by atoms with Crippen molar-refractivity contribution in [3.05, 3.63) is 62.6 Å². The van der Waals surface area contributed by atoms with Gasteiger partial charge in [0, 0.05) is 12.2 Å².